The second-order valence-corrected chi connectivity index (χ2v) is 4.88. The topological polar surface area (TPSA) is 15.3 Å². The molecule has 0 aromatic heterocycles. The van der Waals surface area contributed by atoms with Crippen molar-refractivity contribution in [3.8, 4) is 0 Å². The van der Waals surface area contributed by atoms with Gasteiger partial charge in [-0.05, 0) is 31.0 Å². The van der Waals surface area contributed by atoms with Crippen LogP contribution >= 0.6 is 0 Å². The molecule has 19 heavy (non-hydrogen) atoms. The van der Waals surface area contributed by atoms with Crippen molar-refractivity contribution in [3.05, 3.63) is 29.8 Å². The van der Waals surface area contributed by atoms with Crippen molar-refractivity contribution < 1.29 is 13.2 Å². The molecule has 0 atom stereocenters. The minimum absolute atomic E-state index is 0.0457. The van der Waals surface area contributed by atoms with Gasteiger partial charge in [-0.3, -0.25) is 0 Å². The first-order chi connectivity index (χ1) is 9.01. The first-order valence-electron chi connectivity index (χ1n) is 6.63. The molecule has 0 radical (unpaired) electrons. The third-order valence-electron chi connectivity index (χ3n) is 3.20. The second-order valence-electron chi connectivity index (χ2n) is 4.88. The van der Waals surface area contributed by atoms with Crippen molar-refractivity contribution >= 4 is 5.69 Å². The Hall–Kier alpha value is -1.23. The first-order valence-corrected chi connectivity index (χ1v) is 6.63. The van der Waals surface area contributed by atoms with E-state index in [1.165, 1.54) is 4.90 Å². The summed E-state index contributed by atoms with van der Waals surface area (Å²) in [7, 11) is 0. The molecule has 1 fully saturated rings. The van der Waals surface area contributed by atoms with Gasteiger partial charge in [0.1, 0.15) is 6.54 Å². The van der Waals surface area contributed by atoms with E-state index in [1.54, 1.807) is 12.1 Å². The van der Waals surface area contributed by atoms with Gasteiger partial charge in [0.25, 0.3) is 0 Å². The molecule has 2 nitrogen and oxygen atoms in total. The van der Waals surface area contributed by atoms with E-state index < -0.39 is 12.7 Å². The van der Waals surface area contributed by atoms with Crippen molar-refractivity contribution in [2.45, 2.75) is 38.5 Å². The molecule has 0 spiro atoms. The summed E-state index contributed by atoms with van der Waals surface area (Å²) >= 11 is 0. The zero-order chi connectivity index (χ0) is 13.9. The Labute approximate surface area is 111 Å². The molecule has 0 bridgehead atoms. The van der Waals surface area contributed by atoms with Crippen molar-refractivity contribution in [3.63, 3.8) is 0 Å². The lowest BCUT2D eigenvalue weighted by molar-refractivity contribution is -0.120. The molecule has 0 unspecified atom stereocenters. The summed E-state index contributed by atoms with van der Waals surface area (Å²) in [6.07, 6.45) is -2.45. The van der Waals surface area contributed by atoms with Gasteiger partial charge >= 0.3 is 6.18 Å². The monoisotopic (exact) mass is 272 g/mol. The van der Waals surface area contributed by atoms with Crippen molar-refractivity contribution in [1.82, 2.24) is 5.32 Å². The van der Waals surface area contributed by atoms with E-state index in [1.807, 2.05) is 19.1 Å². The number of alkyl halides is 3. The van der Waals surface area contributed by atoms with Crippen molar-refractivity contribution in [2.75, 3.05) is 18.0 Å². The van der Waals surface area contributed by atoms with Gasteiger partial charge in [0.2, 0.25) is 0 Å². The van der Waals surface area contributed by atoms with Crippen LogP contribution in [-0.4, -0.2) is 25.3 Å². The Balaban J connectivity index is 2.20. The number of para-hydroxylation sites is 1. The third-order valence-corrected chi connectivity index (χ3v) is 3.20. The van der Waals surface area contributed by atoms with Gasteiger partial charge in [-0.2, -0.15) is 13.2 Å². The molecular formula is C14H19F3N2. The number of benzene rings is 1. The fourth-order valence-corrected chi connectivity index (χ4v) is 2.19. The maximum absolute atomic E-state index is 12.7. The lowest BCUT2D eigenvalue weighted by Crippen LogP contribution is -2.36. The second kappa shape index (κ2) is 5.82. The summed E-state index contributed by atoms with van der Waals surface area (Å²) in [6.45, 7) is 2.53. The molecule has 0 amide bonds. The average Bonchev–Trinajstić information content (AvgIpc) is 3.17. The van der Waals surface area contributed by atoms with Crippen LogP contribution in [0.15, 0.2) is 24.3 Å². The summed E-state index contributed by atoms with van der Waals surface area (Å²) < 4.78 is 38.1. The summed E-state index contributed by atoms with van der Waals surface area (Å²) in [6, 6.07) is 7.40. The fourth-order valence-electron chi connectivity index (χ4n) is 2.19. The maximum Gasteiger partial charge on any atom is 0.405 e. The minimum Gasteiger partial charge on any atom is -0.359 e. The lowest BCUT2D eigenvalue weighted by atomic mass is 10.1. The highest BCUT2D eigenvalue weighted by Gasteiger charge is 2.38. The number of halogens is 3. The lowest BCUT2D eigenvalue weighted by Gasteiger charge is -2.28. The summed E-state index contributed by atoms with van der Waals surface area (Å²) in [5, 5.41) is 3.17. The summed E-state index contributed by atoms with van der Waals surface area (Å²) in [5.74, 6) is 0. The Bertz CT molecular complexity index is 413. The Morgan fingerprint density at radius 1 is 1.26 bits per heavy atom. The van der Waals surface area contributed by atoms with E-state index in [0.29, 0.717) is 12.2 Å². The number of nitrogens with one attached hydrogen (secondary N) is 1. The van der Waals surface area contributed by atoms with Crippen LogP contribution in [0.4, 0.5) is 18.9 Å². The number of anilines is 1. The number of hydrogen-bond donors (Lipinski definition) is 1. The molecule has 1 aromatic carbocycles. The Morgan fingerprint density at radius 3 is 2.53 bits per heavy atom. The Kier molecular flexibility index (Phi) is 4.34. The van der Waals surface area contributed by atoms with Gasteiger partial charge in [0, 0.05) is 18.3 Å². The molecule has 2 rings (SSSR count). The fraction of sp³-hybridized carbons (Fsp3) is 0.571. The predicted octanol–water partition coefficient (Wildman–Crippen LogP) is 3.33. The van der Waals surface area contributed by atoms with Gasteiger partial charge in [-0.25, -0.2) is 0 Å². The van der Waals surface area contributed by atoms with E-state index >= 15 is 0 Å². The molecule has 106 valence electrons. The molecule has 0 saturated heterocycles. The zero-order valence-electron chi connectivity index (χ0n) is 11.0. The first kappa shape index (κ1) is 14.2. The molecule has 5 heteroatoms. The largest absolute Gasteiger partial charge is 0.405 e. The van der Waals surface area contributed by atoms with Crippen LogP contribution in [0.25, 0.3) is 0 Å². The highest BCUT2D eigenvalue weighted by atomic mass is 19.4. The van der Waals surface area contributed by atoms with Crippen molar-refractivity contribution in [1.29, 1.82) is 0 Å². The molecule has 1 N–H and O–H groups in total. The van der Waals surface area contributed by atoms with Crippen LogP contribution in [-0.2, 0) is 6.54 Å². The van der Waals surface area contributed by atoms with Gasteiger partial charge in [0.15, 0.2) is 0 Å². The summed E-state index contributed by atoms with van der Waals surface area (Å²) in [4.78, 5) is 1.51. The summed E-state index contributed by atoms with van der Waals surface area (Å²) in [5.41, 5.74) is 1.64. The van der Waals surface area contributed by atoms with E-state index in [0.717, 1.165) is 24.9 Å². The van der Waals surface area contributed by atoms with Gasteiger partial charge in [0.05, 0.1) is 0 Å². The van der Waals surface area contributed by atoms with E-state index in [2.05, 4.69) is 5.32 Å². The standard InChI is InChI=1S/C14H19F3N2/c1-2-18-9-11-5-3-4-6-13(11)19(12-7-8-12)10-14(15,16)17/h3-6,12,18H,2,7-10H2,1H3. The minimum atomic E-state index is -4.16. The Morgan fingerprint density at radius 2 is 1.95 bits per heavy atom. The van der Waals surface area contributed by atoms with E-state index in [4.69, 9.17) is 0 Å². The molecule has 1 aliphatic rings. The molecule has 1 aliphatic carbocycles. The van der Waals surface area contributed by atoms with Gasteiger partial charge in [-0.1, -0.05) is 25.1 Å². The van der Waals surface area contributed by atoms with Crippen LogP contribution in [0.1, 0.15) is 25.3 Å². The highest BCUT2D eigenvalue weighted by molar-refractivity contribution is 5.55. The smallest absolute Gasteiger partial charge is 0.359 e. The van der Waals surface area contributed by atoms with Crippen LogP contribution in [0.2, 0.25) is 0 Å². The van der Waals surface area contributed by atoms with Crippen LogP contribution in [0.5, 0.6) is 0 Å². The van der Waals surface area contributed by atoms with E-state index in [9.17, 15) is 13.2 Å². The molecule has 1 aromatic rings. The van der Waals surface area contributed by atoms with Gasteiger partial charge in [-0.15, -0.1) is 0 Å². The SMILES string of the molecule is CCNCc1ccccc1N(CC(F)(F)F)C1CC1. The van der Waals surface area contributed by atoms with Crippen LogP contribution in [0.3, 0.4) is 0 Å². The maximum atomic E-state index is 12.7. The van der Waals surface area contributed by atoms with Crippen LogP contribution < -0.4 is 10.2 Å². The normalized spacial score (nSPS) is 15.6. The predicted molar refractivity (Wildman–Crippen MR) is 70.2 cm³/mol. The molecule has 0 heterocycles. The molecule has 0 aliphatic heterocycles. The molecule has 1 saturated carbocycles. The van der Waals surface area contributed by atoms with Gasteiger partial charge < -0.3 is 10.2 Å². The number of rotatable bonds is 6. The quantitative estimate of drug-likeness (QED) is 0.854. The zero-order valence-corrected chi connectivity index (χ0v) is 11.0. The number of nitrogens with zero attached hydrogens (tertiary/aromatic N) is 1. The van der Waals surface area contributed by atoms with Crippen molar-refractivity contribution in [2.24, 2.45) is 0 Å². The third kappa shape index (κ3) is 4.13. The highest BCUT2D eigenvalue weighted by Crippen LogP contribution is 2.35. The average molecular weight is 272 g/mol. The van der Waals surface area contributed by atoms with E-state index in [-0.39, 0.29) is 6.04 Å². The molecular weight excluding hydrogens is 253 g/mol. The number of hydrogen-bond acceptors (Lipinski definition) is 2. The van der Waals surface area contributed by atoms with Crippen LogP contribution in [0, 0.1) is 0 Å².